The van der Waals surface area contributed by atoms with E-state index in [1.807, 2.05) is 0 Å². The van der Waals surface area contributed by atoms with E-state index < -0.39 is 29.2 Å². The zero-order valence-corrected chi connectivity index (χ0v) is 11.6. The van der Waals surface area contributed by atoms with E-state index in [0.717, 1.165) is 12.1 Å². The monoisotopic (exact) mass is 307 g/mol. The summed E-state index contributed by atoms with van der Waals surface area (Å²) in [4.78, 5) is 0. The summed E-state index contributed by atoms with van der Waals surface area (Å²) in [6.07, 6.45) is -1.03. The van der Waals surface area contributed by atoms with Gasteiger partial charge in [-0.05, 0) is 17.5 Å². The van der Waals surface area contributed by atoms with E-state index in [9.17, 15) is 13.9 Å². The normalized spacial score (nSPS) is 15.8. The Morgan fingerprint density at radius 1 is 1.24 bits per heavy atom. The smallest absolute Gasteiger partial charge is 0.132 e. The summed E-state index contributed by atoms with van der Waals surface area (Å²) >= 11 is 2.99. The molecule has 0 saturated carbocycles. The van der Waals surface area contributed by atoms with E-state index in [-0.39, 0.29) is 5.56 Å². The lowest BCUT2D eigenvalue weighted by Crippen LogP contribution is -2.38. The van der Waals surface area contributed by atoms with Gasteiger partial charge in [-0.2, -0.15) is 0 Å². The van der Waals surface area contributed by atoms with Crippen molar-refractivity contribution in [3.05, 3.63) is 33.8 Å². The summed E-state index contributed by atoms with van der Waals surface area (Å²) in [7, 11) is 0. The van der Waals surface area contributed by atoms with Gasteiger partial charge in [0.25, 0.3) is 0 Å². The maximum absolute atomic E-state index is 13.6. The molecule has 0 aliphatic carbocycles. The second kappa shape index (κ2) is 5.00. The third-order valence-corrected chi connectivity index (χ3v) is 3.06. The Balaban J connectivity index is 3.17. The van der Waals surface area contributed by atoms with Crippen LogP contribution in [0.4, 0.5) is 8.78 Å². The molecule has 0 aliphatic heterocycles. The van der Waals surface area contributed by atoms with Crippen molar-refractivity contribution < 1.29 is 13.9 Å². The molecule has 5 heteroatoms. The molecule has 1 aromatic rings. The van der Waals surface area contributed by atoms with Gasteiger partial charge in [0.15, 0.2) is 0 Å². The Kier molecular flexibility index (Phi) is 4.28. The van der Waals surface area contributed by atoms with Crippen LogP contribution in [-0.4, -0.2) is 11.2 Å². The molecular weight excluding hydrogens is 292 g/mol. The quantitative estimate of drug-likeness (QED) is 0.882. The molecular formula is C12H16BrF2NO. The van der Waals surface area contributed by atoms with Crippen LogP contribution in [0.5, 0.6) is 0 Å². The largest absolute Gasteiger partial charge is 0.391 e. The number of halogens is 3. The SMILES string of the molecule is CC(C)(C)[C@@H](O)[C@@H](N)c1c(F)cc(Br)cc1F. The van der Waals surface area contributed by atoms with Crippen molar-refractivity contribution in [2.24, 2.45) is 11.1 Å². The summed E-state index contributed by atoms with van der Waals surface area (Å²) in [5, 5.41) is 9.96. The van der Waals surface area contributed by atoms with Gasteiger partial charge < -0.3 is 10.8 Å². The Hall–Kier alpha value is -0.520. The highest BCUT2D eigenvalue weighted by atomic mass is 79.9. The van der Waals surface area contributed by atoms with E-state index in [4.69, 9.17) is 5.73 Å². The first-order valence-corrected chi connectivity index (χ1v) is 6.02. The first kappa shape index (κ1) is 14.5. The van der Waals surface area contributed by atoms with Crippen molar-refractivity contribution in [3.8, 4) is 0 Å². The van der Waals surface area contributed by atoms with Crippen molar-refractivity contribution in [3.63, 3.8) is 0 Å². The number of benzene rings is 1. The summed E-state index contributed by atoms with van der Waals surface area (Å²) < 4.78 is 27.6. The van der Waals surface area contributed by atoms with E-state index >= 15 is 0 Å². The highest BCUT2D eigenvalue weighted by Crippen LogP contribution is 2.32. The summed E-state index contributed by atoms with van der Waals surface area (Å²) in [6.45, 7) is 5.27. The number of hydrogen-bond acceptors (Lipinski definition) is 2. The lowest BCUT2D eigenvalue weighted by molar-refractivity contribution is 0.0381. The van der Waals surface area contributed by atoms with Gasteiger partial charge in [-0.25, -0.2) is 8.78 Å². The minimum absolute atomic E-state index is 0.282. The Morgan fingerprint density at radius 3 is 2.00 bits per heavy atom. The van der Waals surface area contributed by atoms with Gasteiger partial charge >= 0.3 is 0 Å². The molecule has 1 aromatic carbocycles. The van der Waals surface area contributed by atoms with Crippen molar-refractivity contribution in [1.29, 1.82) is 0 Å². The standard InChI is InChI=1S/C12H16BrF2NO/c1-12(2,3)11(17)10(16)9-7(14)4-6(13)5-8(9)15/h4-5,10-11,17H,16H2,1-3H3/t10-,11-/m0/s1. The van der Waals surface area contributed by atoms with Crippen LogP contribution in [-0.2, 0) is 0 Å². The molecule has 3 N–H and O–H groups in total. The minimum Gasteiger partial charge on any atom is -0.391 e. The highest BCUT2D eigenvalue weighted by Gasteiger charge is 2.32. The van der Waals surface area contributed by atoms with Crippen molar-refractivity contribution in [2.45, 2.75) is 32.9 Å². The number of nitrogens with two attached hydrogens (primary N) is 1. The Labute approximate surface area is 108 Å². The summed E-state index contributed by atoms with van der Waals surface area (Å²) in [5.41, 5.74) is 4.90. The van der Waals surface area contributed by atoms with Crippen LogP contribution in [0, 0.1) is 17.0 Å². The predicted molar refractivity (Wildman–Crippen MR) is 66.4 cm³/mol. The zero-order valence-electron chi connectivity index (χ0n) is 9.97. The van der Waals surface area contributed by atoms with E-state index in [1.54, 1.807) is 20.8 Å². The lowest BCUT2D eigenvalue weighted by Gasteiger charge is -2.31. The molecule has 0 unspecified atom stereocenters. The molecule has 2 atom stereocenters. The highest BCUT2D eigenvalue weighted by molar-refractivity contribution is 9.10. The van der Waals surface area contributed by atoms with Crippen LogP contribution in [0.2, 0.25) is 0 Å². The van der Waals surface area contributed by atoms with Crippen LogP contribution in [0.3, 0.4) is 0 Å². The Bertz CT molecular complexity index is 394. The molecule has 0 aliphatic rings. The average molecular weight is 308 g/mol. The fourth-order valence-corrected chi connectivity index (χ4v) is 1.97. The van der Waals surface area contributed by atoms with Crippen LogP contribution in [0.25, 0.3) is 0 Å². The van der Waals surface area contributed by atoms with E-state index in [2.05, 4.69) is 15.9 Å². The first-order valence-electron chi connectivity index (χ1n) is 5.22. The number of aliphatic hydroxyl groups is 1. The van der Waals surface area contributed by atoms with Gasteiger partial charge in [0.2, 0.25) is 0 Å². The topological polar surface area (TPSA) is 46.2 Å². The lowest BCUT2D eigenvalue weighted by atomic mass is 9.82. The maximum Gasteiger partial charge on any atom is 0.132 e. The van der Waals surface area contributed by atoms with Gasteiger partial charge in [0, 0.05) is 10.0 Å². The second-order valence-corrected chi connectivity index (χ2v) is 6.04. The van der Waals surface area contributed by atoms with Crippen LogP contribution in [0.1, 0.15) is 32.4 Å². The number of rotatable bonds is 2. The third-order valence-electron chi connectivity index (χ3n) is 2.60. The molecule has 1 rings (SSSR count). The second-order valence-electron chi connectivity index (χ2n) is 5.12. The third kappa shape index (κ3) is 3.24. The van der Waals surface area contributed by atoms with Gasteiger partial charge in [0.05, 0.1) is 12.1 Å². The van der Waals surface area contributed by atoms with E-state index in [0.29, 0.717) is 4.47 Å². The summed E-state index contributed by atoms with van der Waals surface area (Å²) in [6, 6.07) is 1.17. The molecule has 0 amide bonds. The van der Waals surface area contributed by atoms with Crippen LogP contribution < -0.4 is 5.73 Å². The molecule has 0 aromatic heterocycles. The Morgan fingerprint density at radius 2 is 1.65 bits per heavy atom. The van der Waals surface area contributed by atoms with Crippen molar-refractivity contribution in [1.82, 2.24) is 0 Å². The zero-order chi connectivity index (χ0) is 13.4. The maximum atomic E-state index is 13.6. The van der Waals surface area contributed by atoms with Crippen LogP contribution >= 0.6 is 15.9 Å². The molecule has 96 valence electrons. The number of aliphatic hydroxyl groups excluding tert-OH is 1. The molecule has 0 bridgehead atoms. The van der Waals surface area contributed by atoms with E-state index in [1.165, 1.54) is 0 Å². The fourth-order valence-electron chi connectivity index (χ4n) is 1.57. The fraction of sp³-hybridized carbons (Fsp3) is 0.500. The van der Waals surface area contributed by atoms with Gasteiger partial charge in [-0.3, -0.25) is 0 Å². The van der Waals surface area contributed by atoms with Gasteiger partial charge in [-0.15, -0.1) is 0 Å². The van der Waals surface area contributed by atoms with Gasteiger partial charge in [-0.1, -0.05) is 36.7 Å². The number of hydrogen-bond donors (Lipinski definition) is 2. The van der Waals surface area contributed by atoms with Gasteiger partial charge in [0.1, 0.15) is 11.6 Å². The molecule has 17 heavy (non-hydrogen) atoms. The van der Waals surface area contributed by atoms with Crippen molar-refractivity contribution in [2.75, 3.05) is 0 Å². The van der Waals surface area contributed by atoms with Crippen molar-refractivity contribution >= 4 is 15.9 Å². The molecule has 0 spiro atoms. The average Bonchev–Trinajstić information content (AvgIpc) is 2.13. The summed E-state index contributed by atoms with van der Waals surface area (Å²) in [5.74, 6) is -1.51. The molecule has 0 fully saturated rings. The molecule has 0 heterocycles. The molecule has 0 saturated heterocycles. The minimum atomic E-state index is -1.09. The molecule has 2 nitrogen and oxygen atoms in total. The predicted octanol–water partition coefficient (Wildman–Crippen LogP) is 3.13. The first-order chi connectivity index (χ1) is 7.64. The molecule has 0 radical (unpaired) electrons. The van der Waals surface area contributed by atoms with Crippen LogP contribution in [0.15, 0.2) is 16.6 Å².